The Balaban J connectivity index is 1.66. The highest BCUT2D eigenvalue weighted by molar-refractivity contribution is 5.75. The molecule has 1 aromatic heterocycles. The third kappa shape index (κ3) is 4.11. The number of nitrogens with two attached hydrogens (primary N) is 1. The minimum atomic E-state index is 0.612. The monoisotopic (exact) mass is 342 g/mol. The third-order valence-corrected chi connectivity index (χ3v) is 4.60. The lowest BCUT2D eigenvalue weighted by atomic mass is 10.2. The van der Waals surface area contributed by atoms with Gasteiger partial charge in [-0.3, -0.25) is 0 Å². The second-order valence-electron chi connectivity index (χ2n) is 6.08. The van der Waals surface area contributed by atoms with Crippen LogP contribution in [-0.2, 0) is 6.54 Å². The number of rotatable bonds is 6. The fourth-order valence-electron chi connectivity index (χ4n) is 2.98. The van der Waals surface area contributed by atoms with Crippen LogP contribution in [0.3, 0.4) is 0 Å². The van der Waals surface area contributed by atoms with Crippen molar-refractivity contribution in [2.45, 2.75) is 13.5 Å². The Bertz CT molecular complexity index is 682. The van der Waals surface area contributed by atoms with E-state index in [1.807, 2.05) is 24.3 Å². The number of nitrogen functional groups attached to an aromatic ring is 1. The molecular weight excluding hydrogens is 316 g/mol. The molecule has 7 heteroatoms. The van der Waals surface area contributed by atoms with Crippen molar-refractivity contribution in [1.29, 1.82) is 0 Å². The summed E-state index contributed by atoms with van der Waals surface area (Å²) >= 11 is 0. The fraction of sp³-hybridized carbons (Fsp3) is 0.444. The van der Waals surface area contributed by atoms with Crippen LogP contribution in [0.4, 0.5) is 17.3 Å². The number of methoxy groups -OCH3 is 1. The second kappa shape index (κ2) is 8.02. The van der Waals surface area contributed by atoms with Crippen LogP contribution < -0.4 is 20.7 Å². The highest BCUT2D eigenvalue weighted by Gasteiger charge is 2.20. The van der Waals surface area contributed by atoms with Gasteiger partial charge in [-0.15, -0.1) is 0 Å². The Morgan fingerprint density at radius 2 is 1.84 bits per heavy atom. The highest BCUT2D eigenvalue weighted by atomic mass is 16.5. The van der Waals surface area contributed by atoms with E-state index >= 15 is 0 Å². The average Bonchev–Trinajstić information content (AvgIpc) is 2.68. The molecule has 3 rings (SSSR count). The number of benzene rings is 1. The molecule has 1 saturated heterocycles. The van der Waals surface area contributed by atoms with E-state index in [1.54, 1.807) is 13.4 Å². The van der Waals surface area contributed by atoms with Crippen LogP contribution in [0.25, 0.3) is 0 Å². The van der Waals surface area contributed by atoms with E-state index in [0.29, 0.717) is 18.1 Å². The van der Waals surface area contributed by atoms with Crippen LogP contribution in [0.2, 0.25) is 0 Å². The predicted molar refractivity (Wildman–Crippen MR) is 101 cm³/mol. The Kier molecular flexibility index (Phi) is 5.55. The molecule has 0 spiro atoms. The first kappa shape index (κ1) is 17.3. The van der Waals surface area contributed by atoms with Crippen LogP contribution in [-0.4, -0.2) is 54.7 Å². The quantitative estimate of drug-likeness (QED) is 0.829. The summed E-state index contributed by atoms with van der Waals surface area (Å²) < 4.78 is 5.18. The molecule has 0 bridgehead atoms. The molecule has 134 valence electrons. The summed E-state index contributed by atoms with van der Waals surface area (Å²) in [5.74, 6) is 2.35. The molecule has 1 aromatic carbocycles. The maximum Gasteiger partial charge on any atom is 0.157 e. The Morgan fingerprint density at radius 3 is 2.48 bits per heavy atom. The maximum atomic E-state index is 6.33. The molecule has 0 aliphatic carbocycles. The van der Waals surface area contributed by atoms with E-state index < -0.39 is 0 Å². The first-order valence-electron chi connectivity index (χ1n) is 8.65. The molecule has 1 aliphatic rings. The van der Waals surface area contributed by atoms with E-state index in [0.717, 1.165) is 49.9 Å². The predicted octanol–water partition coefficient (Wildman–Crippen LogP) is 1.82. The normalized spacial score (nSPS) is 15.2. The van der Waals surface area contributed by atoms with Crippen LogP contribution >= 0.6 is 0 Å². The molecule has 0 saturated carbocycles. The second-order valence-corrected chi connectivity index (χ2v) is 6.08. The lowest BCUT2D eigenvalue weighted by molar-refractivity contribution is 0.270. The number of ether oxygens (including phenoxy) is 1. The van der Waals surface area contributed by atoms with Crippen molar-refractivity contribution in [2.75, 3.05) is 55.8 Å². The first-order chi connectivity index (χ1) is 12.2. The van der Waals surface area contributed by atoms with Gasteiger partial charge in [-0.25, -0.2) is 9.97 Å². The van der Waals surface area contributed by atoms with Gasteiger partial charge in [-0.2, -0.15) is 0 Å². The molecule has 0 amide bonds. The summed E-state index contributed by atoms with van der Waals surface area (Å²) in [6, 6.07) is 7.93. The van der Waals surface area contributed by atoms with Crippen LogP contribution in [0.15, 0.2) is 30.6 Å². The molecule has 3 N–H and O–H groups in total. The van der Waals surface area contributed by atoms with E-state index in [-0.39, 0.29) is 0 Å². The topological polar surface area (TPSA) is 79.5 Å². The summed E-state index contributed by atoms with van der Waals surface area (Å²) in [5, 5.41) is 3.31. The molecule has 2 heterocycles. The smallest absolute Gasteiger partial charge is 0.157 e. The largest absolute Gasteiger partial charge is 0.497 e. The molecule has 2 aromatic rings. The zero-order valence-electron chi connectivity index (χ0n) is 14.9. The van der Waals surface area contributed by atoms with Crippen LogP contribution in [0.1, 0.15) is 12.5 Å². The average molecular weight is 342 g/mol. The summed E-state index contributed by atoms with van der Waals surface area (Å²) in [7, 11) is 1.66. The molecule has 0 unspecified atom stereocenters. The Labute approximate surface area is 148 Å². The van der Waals surface area contributed by atoms with Crippen molar-refractivity contribution in [2.24, 2.45) is 0 Å². The van der Waals surface area contributed by atoms with Crippen molar-refractivity contribution >= 4 is 17.3 Å². The number of likely N-dealkylation sites (N-methyl/N-ethyl adjacent to an activating group) is 1. The zero-order chi connectivity index (χ0) is 17.6. The van der Waals surface area contributed by atoms with E-state index in [4.69, 9.17) is 10.5 Å². The summed E-state index contributed by atoms with van der Waals surface area (Å²) in [5.41, 5.74) is 8.08. The number of hydrogen-bond acceptors (Lipinski definition) is 7. The fourth-order valence-corrected chi connectivity index (χ4v) is 2.98. The van der Waals surface area contributed by atoms with Crippen molar-refractivity contribution in [1.82, 2.24) is 14.9 Å². The number of anilines is 3. The number of piperazine rings is 1. The van der Waals surface area contributed by atoms with Gasteiger partial charge >= 0.3 is 0 Å². The van der Waals surface area contributed by atoms with Crippen molar-refractivity contribution < 1.29 is 4.74 Å². The Hall–Kier alpha value is -2.54. The van der Waals surface area contributed by atoms with Crippen molar-refractivity contribution in [3.05, 3.63) is 36.2 Å². The maximum absolute atomic E-state index is 6.33. The van der Waals surface area contributed by atoms with Crippen LogP contribution in [0, 0.1) is 0 Å². The third-order valence-electron chi connectivity index (χ3n) is 4.60. The minimum Gasteiger partial charge on any atom is -0.497 e. The van der Waals surface area contributed by atoms with E-state index in [9.17, 15) is 0 Å². The number of hydrogen-bond donors (Lipinski definition) is 2. The molecule has 0 atom stereocenters. The Morgan fingerprint density at radius 1 is 1.12 bits per heavy atom. The van der Waals surface area contributed by atoms with Crippen LogP contribution in [0.5, 0.6) is 5.75 Å². The summed E-state index contributed by atoms with van der Waals surface area (Å²) in [6.45, 7) is 7.87. The number of aromatic nitrogens is 2. The van der Waals surface area contributed by atoms with Gasteiger partial charge in [-0.05, 0) is 24.2 Å². The lowest BCUT2D eigenvalue weighted by Crippen LogP contribution is -2.46. The standard InChI is InChI=1S/C18H26N6O/c1-3-23-8-10-24(11-9-23)18-16(19)17(21-13-22-18)20-12-14-4-6-15(25-2)7-5-14/h4-7,13H,3,8-12,19H2,1-2H3,(H,20,21,22). The van der Waals surface area contributed by atoms with Gasteiger partial charge in [0.1, 0.15) is 17.8 Å². The molecule has 25 heavy (non-hydrogen) atoms. The molecule has 0 radical (unpaired) electrons. The molecular formula is C18H26N6O. The SMILES string of the molecule is CCN1CCN(c2ncnc(NCc3ccc(OC)cc3)c2N)CC1. The number of nitrogens with one attached hydrogen (secondary N) is 1. The van der Waals surface area contributed by atoms with Gasteiger partial charge in [0.05, 0.1) is 7.11 Å². The first-order valence-corrected chi connectivity index (χ1v) is 8.65. The number of nitrogens with zero attached hydrogens (tertiary/aromatic N) is 4. The molecule has 7 nitrogen and oxygen atoms in total. The van der Waals surface area contributed by atoms with Gasteiger partial charge in [0, 0.05) is 32.7 Å². The summed E-state index contributed by atoms with van der Waals surface area (Å²) in [6.07, 6.45) is 1.58. The zero-order valence-corrected chi connectivity index (χ0v) is 14.9. The highest BCUT2D eigenvalue weighted by Crippen LogP contribution is 2.27. The van der Waals surface area contributed by atoms with Gasteiger partial charge in [0.2, 0.25) is 0 Å². The van der Waals surface area contributed by atoms with Crippen molar-refractivity contribution in [3.8, 4) is 5.75 Å². The van der Waals surface area contributed by atoms with Gasteiger partial charge < -0.3 is 25.6 Å². The van der Waals surface area contributed by atoms with E-state index in [2.05, 4.69) is 32.0 Å². The van der Waals surface area contributed by atoms with Gasteiger partial charge in [0.25, 0.3) is 0 Å². The molecule has 1 fully saturated rings. The van der Waals surface area contributed by atoms with Crippen molar-refractivity contribution in [3.63, 3.8) is 0 Å². The lowest BCUT2D eigenvalue weighted by Gasteiger charge is -2.35. The molecule has 1 aliphatic heterocycles. The summed E-state index contributed by atoms with van der Waals surface area (Å²) in [4.78, 5) is 13.4. The van der Waals surface area contributed by atoms with Gasteiger partial charge in [0.15, 0.2) is 11.6 Å². The van der Waals surface area contributed by atoms with E-state index in [1.165, 1.54) is 0 Å². The van der Waals surface area contributed by atoms with Gasteiger partial charge in [-0.1, -0.05) is 19.1 Å². The minimum absolute atomic E-state index is 0.612.